The SMILES string of the molecule is CN=CC(=CN)c1cc2c(cc1C(F)F)N(C(=N)C1=C(NC3CCNCC3)CCNC1)CCC2. The average molecular weight is 472 g/mol. The molecule has 0 unspecified atom stereocenters. The first-order chi connectivity index (χ1) is 16.5. The van der Waals surface area contributed by atoms with E-state index >= 15 is 0 Å². The highest BCUT2D eigenvalue weighted by Crippen LogP contribution is 2.37. The van der Waals surface area contributed by atoms with Gasteiger partial charge in [-0.3, -0.25) is 10.4 Å². The third-order valence-electron chi connectivity index (χ3n) is 6.85. The summed E-state index contributed by atoms with van der Waals surface area (Å²) in [6.45, 7) is 4.10. The van der Waals surface area contributed by atoms with Crippen LogP contribution in [0.25, 0.3) is 5.57 Å². The first kappa shape index (κ1) is 24.3. The van der Waals surface area contributed by atoms with Crippen LogP contribution in [0, 0.1) is 5.41 Å². The summed E-state index contributed by atoms with van der Waals surface area (Å²) in [5.41, 5.74) is 10.2. The van der Waals surface area contributed by atoms with Crippen molar-refractivity contribution in [1.29, 1.82) is 5.41 Å². The number of nitrogens with two attached hydrogens (primary N) is 1. The number of halogens is 2. The van der Waals surface area contributed by atoms with Crippen molar-refractivity contribution in [2.24, 2.45) is 10.7 Å². The molecule has 0 bridgehead atoms. The summed E-state index contributed by atoms with van der Waals surface area (Å²) in [5, 5.41) is 19.6. The van der Waals surface area contributed by atoms with E-state index in [1.807, 2.05) is 4.90 Å². The fourth-order valence-electron chi connectivity index (χ4n) is 5.10. The second kappa shape index (κ2) is 11.1. The Hall–Kier alpha value is -2.78. The van der Waals surface area contributed by atoms with Crippen LogP contribution in [0.2, 0.25) is 0 Å². The first-order valence-corrected chi connectivity index (χ1v) is 12.1. The van der Waals surface area contributed by atoms with Gasteiger partial charge in [-0.25, -0.2) is 8.78 Å². The number of hydrogen-bond acceptors (Lipinski definition) is 6. The lowest BCUT2D eigenvalue weighted by atomic mass is 9.91. The highest BCUT2D eigenvalue weighted by Gasteiger charge is 2.29. The molecule has 0 aromatic heterocycles. The predicted molar refractivity (Wildman–Crippen MR) is 135 cm³/mol. The maximum absolute atomic E-state index is 14.1. The average Bonchev–Trinajstić information content (AvgIpc) is 2.86. The summed E-state index contributed by atoms with van der Waals surface area (Å²) < 4.78 is 28.2. The maximum Gasteiger partial charge on any atom is 0.264 e. The number of allylic oxidation sites excluding steroid dienone is 1. The minimum atomic E-state index is -2.66. The Morgan fingerprint density at radius 1 is 1.24 bits per heavy atom. The molecule has 184 valence electrons. The monoisotopic (exact) mass is 471 g/mol. The largest absolute Gasteiger partial charge is 0.404 e. The molecule has 7 nitrogen and oxygen atoms in total. The number of anilines is 1. The molecule has 0 aliphatic carbocycles. The van der Waals surface area contributed by atoms with E-state index in [-0.39, 0.29) is 5.56 Å². The number of rotatable bonds is 6. The minimum absolute atomic E-state index is 0.0844. The molecule has 0 atom stereocenters. The number of benzene rings is 1. The molecule has 9 heteroatoms. The molecular weight excluding hydrogens is 436 g/mol. The Morgan fingerprint density at radius 2 is 2.03 bits per heavy atom. The summed E-state index contributed by atoms with van der Waals surface area (Å²) in [7, 11) is 1.59. The zero-order valence-corrected chi connectivity index (χ0v) is 19.8. The molecule has 6 N–H and O–H groups in total. The van der Waals surface area contributed by atoms with E-state index < -0.39 is 6.43 Å². The van der Waals surface area contributed by atoms with Gasteiger partial charge in [-0.15, -0.1) is 0 Å². The van der Waals surface area contributed by atoms with Gasteiger partial charge < -0.3 is 26.6 Å². The van der Waals surface area contributed by atoms with E-state index in [0.717, 1.165) is 68.6 Å². The summed E-state index contributed by atoms with van der Waals surface area (Å²) >= 11 is 0. The number of amidine groups is 1. The van der Waals surface area contributed by atoms with Gasteiger partial charge in [-0.05, 0) is 62.0 Å². The molecule has 34 heavy (non-hydrogen) atoms. The highest BCUT2D eigenvalue weighted by atomic mass is 19.3. The van der Waals surface area contributed by atoms with Gasteiger partial charge in [0.2, 0.25) is 0 Å². The van der Waals surface area contributed by atoms with E-state index in [1.165, 1.54) is 12.4 Å². The second-order valence-electron chi connectivity index (χ2n) is 9.03. The van der Waals surface area contributed by atoms with Gasteiger partial charge in [-0.2, -0.15) is 0 Å². The molecule has 0 spiro atoms. The quantitative estimate of drug-likeness (QED) is 0.324. The first-order valence-electron chi connectivity index (χ1n) is 12.1. The third kappa shape index (κ3) is 5.15. The third-order valence-corrected chi connectivity index (χ3v) is 6.85. The van der Waals surface area contributed by atoms with Crippen LogP contribution < -0.4 is 26.6 Å². The smallest absolute Gasteiger partial charge is 0.264 e. The van der Waals surface area contributed by atoms with E-state index in [2.05, 4.69) is 20.9 Å². The molecule has 1 saturated heterocycles. The molecule has 0 saturated carbocycles. The summed E-state index contributed by atoms with van der Waals surface area (Å²) in [6, 6.07) is 3.76. The van der Waals surface area contributed by atoms with Crippen molar-refractivity contribution in [3.63, 3.8) is 0 Å². The number of piperidine rings is 1. The molecule has 1 aromatic carbocycles. The predicted octanol–water partition coefficient (Wildman–Crippen LogP) is 2.94. The van der Waals surface area contributed by atoms with Crippen LogP contribution in [-0.4, -0.2) is 57.9 Å². The molecule has 3 heterocycles. The fourth-order valence-corrected chi connectivity index (χ4v) is 5.10. The fraction of sp³-hybridized carbons (Fsp3) is 0.520. The standard InChI is InChI=1S/C25H35F2N7/c1-30-14-17(13-28)19-11-16-3-2-10-34(23(16)12-20(19)24(26)27)25(29)21-15-32-9-6-22(21)33-18-4-7-31-8-5-18/h11-14,18,24,29,31-33H,2-10,15,28H2,1H3. The molecule has 3 aliphatic rings. The summed E-state index contributed by atoms with van der Waals surface area (Å²) in [5.74, 6) is 0.391. The Bertz CT molecular complexity index is 993. The lowest BCUT2D eigenvalue weighted by Crippen LogP contribution is -2.45. The Labute approximate surface area is 200 Å². The number of aryl methyl sites for hydroxylation is 1. The molecule has 0 amide bonds. The van der Waals surface area contributed by atoms with Gasteiger partial charge in [-0.1, -0.05) is 0 Å². The van der Waals surface area contributed by atoms with Crippen molar-refractivity contribution in [3.05, 3.63) is 46.3 Å². The molecular formula is C25H35F2N7. The van der Waals surface area contributed by atoms with Crippen LogP contribution in [0.4, 0.5) is 14.5 Å². The Balaban J connectivity index is 1.69. The van der Waals surface area contributed by atoms with Crippen LogP contribution in [0.15, 0.2) is 34.6 Å². The van der Waals surface area contributed by atoms with Crippen LogP contribution in [0.5, 0.6) is 0 Å². The summed E-state index contributed by atoms with van der Waals surface area (Å²) in [6.07, 6.45) is 4.74. The van der Waals surface area contributed by atoms with Crippen molar-refractivity contribution < 1.29 is 8.78 Å². The van der Waals surface area contributed by atoms with Crippen molar-refractivity contribution in [1.82, 2.24) is 16.0 Å². The molecule has 3 aliphatic heterocycles. The summed E-state index contributed by atoms with van der Waals surface area (Å²) in [4.78, 5) is 5.87. The van der Waals surface area contributed by atoms with Gasteiger partial charge >= 0.3 is 0 Å². The van der Waals surface area contributed by atoms with Crippen molar-refractivity contribution >= 4 is 23.3 Å². The number of alkyl halides is 2. The van der Waals surface area contributed by atoms with Crippen LogP contribution in [0.1, 0.15) is 48.8 Å². The van der Waals surface area contributed by atoms with Crippen molar-refractivity contribution in [2.75, 3.05) is 44.7 Å². The van der Waals surface area contributed by atoms with Gasteiger partial charge in [0.05, 0.1) is 0 Å². The lowest BCUT2D eigenvalue weighted by molar-refractivity contribution is 0.151. The molecule has 4 rings (SSSR count). The minimum Gasteiger partial charge on any atom is -0.404 e. The van der Waals surface area contributed by atoms with Gasteiger partial charge in [0, 0.05) is 79.7 Å². The van der Waals surface area contributed by atoms with Gasteiger partial charge in [0.25, 0.3) is 6.43 Å². The number of hydrogen-bond donors (Lipinski definition) is 5. The van der Waals surface area contributed by atoms with E-state index in [9.17, 15) is 8.78 Å². The normalized spacial score (nSPS) is 20.2. The molecule has 0 radical (unpaired) electrons. The van der Waals surface area contributed by atoms with Gasteiger partial charge in [0.1, 0.15) is 5.84 Å². The van der Waals surface area contributed by atoms with E-state index in [4.69, 9.17) is 11.1 Å². The van der Waals surface area contributed by atoms with Crippen LogP contribution >= 0.6 is 0 Å². The molecule has 1 fully saturated rings. The van der Waals surface area contributed by atoms with Gasteiger partial charge in [0.15, 0.2) is 0 Å². The van der Waals surface area contributed by atoms with E-state index in [0.29, 0.717) is 41.8 Å². The lowest BCUT2D eigenvalue weighted by Gasteiger charge is -2.36. The molecule has 1 aromatic rings. The van der Waals surface area contributed by atoms with E-state index in [1.54, 1.807) is 19.2 Å². The van der Waals surface area contributed by atoms with Crippen LogP contribution in [0.3, 0.4) is 0 Å². The topological polar surface area (TPSA) is 102 Å². The Morgan fingerprint density at radius 3 is 2.74 bits per heavy atom. The Kier molecular flexibility index (Phi) is 7.95. The number of nitrogens with one attached hydrogen (secondary N) is 4. The van der Waals surface area contributed by atoms with Crippen LogP contribution in [-0.2, 0) is 6.42 Å². The van der Waals surface area contributed by atoms with Crippen molar-refractivity contribution in [3.8, 4) is 0 Å². The second-order valence-corrected chi connectivity index (χ2v) is 9.03. The zero-order chi connectivity index (χ0) is 24.1. The van der Waals surface area contributed by atoms with Crippen molar-refractivity contribution in [2.45, 2.75) is 44.6 Å². The number of fused-ring (bicyclic) bond motifs is 1. The highest BCUT2D eigenvalue weighted by molar-refractivity contribution is 6.12. The number of nitrogens with zero attached hydrogens (tertiary/aromatic N) is 2. The number of aliphatic imine (C=N–C) groups is 1. The zero-order valence-electron chi connectivity index (χ0n) is 19.8. The maximum atomic E-state index is 14.1.